The summed E-state index contributed by atoms with van der Waals surface area (Å²) in [5.41, 5.74) is -2.81. The van der Waals surface area contributed by atoms with Crippen LogP contribution in [0.25, 0.3) is 11.1 Å². The lowest BCUT2D eigenvalue weighted by Crippen LogP contribution is -2.48. The number of benzene rings is 2. The van der Waals surface area contributed by atoms with Gasteiger partial charge in [-0.15, -0.1) is 5.10 Å². The summed E-state index contributed by atoms with van der Waals surface area (Å²) in [6.45, 7) is 1.35. The van der Waals surface area contributed by atoms with Gasteiger partial charge in [0.15, 0.2) is 11.7 Å². The number of alkyl halides is 5. The summed E-state index contributed by atoms with van der Waals surface area (Å²) in [6, 6.07) is 14.2. The van der Waals surface area contributed by atoms with Crippen molar-refractivity contribution in [1.29, 1.82) is 0 Å². The Hall–Kier alpha value is -5.16. The van der Waals surface area contributed by atoms with E-state index in [4.69, 9.17) is 0 Å². The summed E-state index contributed by atoms with van der Waals surface area (Å²) in [5, 5.41) is 31.0. The number of halogens is 7. The molecule has 1 fully saturated rings. The summed E-state index contributed by atoms with van der Waals surface area (Å²) in [7, 11) is 0. The van der Waals surface area contributed by atoms with Crippen molar-refractivity contribution in [2.24, 2.45) is 0 Å². The molecule has 2 unspecified atom stereocenters. The number of aliphatic hydroxyl groups excluding tert-OH is 1. The number of piperazine rings is 1. The molecular weight excluding hydrogens is 661 g/mol. The third-order valence-electron chi connectivity index (χ3n) is 8.34. The first-order valence-electron chi connectivity index (χ1n) is 14.8. The van der Waals surface area contributed by atoms with Crippen LogP contribution in [0, 0.1) is 11.6 Å². The molecule has 256 valence electrons. The maximum Gasteiger partial charge on any atom is 0.420 e. The molecule has 2 atom stereocenters. The van der Waals surface area contributed by atoms with Gasteiger partial charge >= 0.3 is 12.1 Å². The van der Waals surface area contributed by atoms with Gasteiger partial charge in [-0.2, -0.15) is 22.0 Å². The van der Waals surface area contributed by atoms with Gasteiger partial charge in [-0.1, -0.05) is 18.2 Å². The molecule has 0 saturated carbocycles. The van der Waals surface area contributed by atoms with Crippen molar-refractivity contribution in [2.75, 3.05) is 36.0 Å². The highest BCUT2D eigenvalue weighted by Crippen LogP contribution is 2.47. The fraction of sp³-hybridized carbons (Fsp3) is 0.281. The Morgan fingerprint density at radius 3 is 1.96 bits per heavy atom. The van der Waals surface area contributed by atoms with Crippen LogP contribution in [0.5, 0.6) is 0 Å². The highest BCUT2D eigenvalue weighted by Gasteiger charge is 2.58. The van der Waals surface area contributed by atoms with E-state index in [0.717, 1.165) is 41.0 Å². The molecule has 2 aromatic carbocycles. The number of nitrogens with zero attached hydrogens (tertiary/aromatic N) is 8. The van der Waals surface area contributed by atoms with Gasteiger partial charge in [0.25, 0.3) is 0 Å². The topological polar surface area (TPSA) is 116 Å². The molecule has 10 nitrogen and oxygen atoms in total. The number of aromatic nitrogens is 6. The first-order chi connectivity index (χ1) is 23.3. The summed E-state index contributed by atoms with van der Waals surface area (Å²) < 4.78 is 99.6. The smallest absolute Gasteiger partial charge is 0.378 e. The maximum atomic E-state index is 16.1. The van der Waals surface area contributed by atoms with Crippen LogP contribution in [0.3, 0.4) is 0 Å². The highest BCUT2D eigenvalue weighted by molar-refractivity contribution is 5.66. The van der Waals surface area contributed by atoms with Gasteiger partial charge in [0, 0.05) is 55.3 Å². The number of rotatable bonds is 9. The molecule has 1 aliphatic rings. The van der Waals surface area contributed by atoms with Crippen LogP contribution in [-0.4, -0.2) is 72.7 Å². The van der Waals surface area contributed by atoms with Gasteiger partial charge in [0.1, 0.15) is 23.7 Å². The van der Waals surface area contributed by atoms with Crippen LogP contribution in [0.4, 0.5) is 42.1 Å². The molecule has 1 aliphatic heterocycles. The van der Waals surface area contributed by atoms with Crippen molar-refractivity contribution in [3.8, 4) is 11.1 Å². The van der Waals surface area contributed by atoms with E-state index >= 15 is 8.78 Å². The van der Waals surface area contributed by atoms with E-state index in [1.807, 2.05) is 17.0 Å². The summed E-state index contributed by atoms with van der Waals surface area (Å²) in [6.07, 6.45) is -3.98. The second-order valence-electron chi connectivity index (χ2n) is 11.4. The predicted octanol–water partition coefficient (Wildman–Crippen LogP) is 5.01. The second kappa shape index (κ2) is 13.0. The van der Waals surface area contributed by atoms with Gasteiger partial charge in [0.05, 0.1) is 24.1 Å². The van der Waals surface area contributed by atoms with Crippen molar-refractivity contribution in [3.63, 3.8) is 0 Å². The summed E-state index contributed by atoms with van der Waals surface area (Å²) in [5.74, 6) is -6.59. The van der Waals surface area contributed by atoms with Crippen molar-refractivity contribution in [1.82, 2.24) is 30.2 Å². The average molecular weight is 689 g/mol. The minimum atomic E-state index is -4.80. The Labute approximate surface area is 274 Å². The van der Waals surface area contributed by atoms with Gasteiger partial charge in [-0.05, 0) is 58.5 Å². The molecular formula is C32H27F7N8O2. The first-order valence-corrected chi connectivity index (χ1v) is 14.8. The lowest BCUT2D eigenvalue weighted by atomic mass is 9.84. The van der Waals surface area contributed by atoms with Crippen LogP contribution in [-0.2, 0) is 18.1 Å². The molecule has 49 heavy (non-hydrogen) atoms. The van der Waals surface area contributed by atoms with Crippen LogP contribution >= 0.6 is 0 Å². The molecule has 6 rings (SSSR count). The fourth-order valence-electron chi connectivity index (χ4n) is 5.63. The lowest BCUT2D eigenvalue weighted by Gasteiger charge is -2.37. The van der Waals surface area contributed by atoms with E-state index in [0.29, 0.717) is 49.1 Å². The number of aliphatic hydroxyl groups is 2. The predicted molar refractivity (Wildman–Crippen MR) is 161 cm³/mol. The fourth-order valence-corrected chi connectivity index (χ4v) is 5.63. The Bertz CT molecular complexity index is 1870. The quantitative estimate of drug-likeness (QED) is 0.206. The lowest BCUT2D eigenvalue weighted by molar-refractivity contribution is -0.208. The van der Waals surface area contributed by atoms with Crippen molar-refractivity contribution in [2.45, 2.75) is 30.3 Å². The monoisotopic (exact) mass is 688 g/mol. The molecule has 3 aromatic heterocycles. The highest BCUT2D eigenvalue weighted by atomic mass is 19.4. The van der Waals surface area contributed by atoms with Crippen LogP contribution in [0.15, 0.2) is 85.5 Å². The SMILES string of the molecule is OC(c1ccc(N2CCN(c3ccc(-c4ccc(C(F)(F)C(O)(Cn5cnnn5)c5ccc(F)cc5F)nc4)cc3)CC2)cn1)C(F)(F)F. The van der Waals surface area contributed by atoms with Gasteiger partial charge in [0.2, 0.25) is 0 Å². The zero-order valence-electron chi connectivity index (χ0n) is 25.3. The van der Waals surface area contributed by atoms with E-state index < -0.39 is 58.9 Å². The largest absolute Gasteiger partial charge is 0.420 e. The van der Waals surface area contributed by atoms with Gasteiger partial charge in [-0.3, -0.25) is 9.97 Å². The van der Waals surface area contributed by atoms with E-state index in [2.05, 4.69) is 30.4 Å². The summed E-state index contributed by atoms with van der Waals surface area (Å²) in [4.78, 5) is 11.8. The molecule has 17 heteroatoms. The number of anilines is 2. The number of hydrogen-bond acceptors (Lipinski definition) is 9. The molecule has 5 aromatic rings. The maximum absolute atomic E-state index is 16.1. The number of hydrogen-bond donors (Lipinski definition) is 2. The van der Waals surface area contributed by atoms with Crippen molar-refractivity contribution >= 4 is 11.4 Å². The Balaban J connectivity index is 1.14. The van der Waals surface area contributed by atoms with Gasteiger partial charge in [-0.25, -0.2) is 13.5 Å². The zero-order chi connectivity index (χ0) is 35.0. The normalized spacial score (nSPS) is 16.0. The molecule has 0 aliphatic carbocycles. The molecule has 0 bridgehead atoms. The van der Waals surface area contributed by atoms with E-state index in [-0.39, 0.29) is 0 Å². The number of tetrazole rings is 1. The molecule has 0 radical (unpaired) electrons. The van der Waals surface area contributed by atoms with E-state index in [9.17, 15) is 32.2 Å². The molecule has 0 amide bonds. The van der Waals surface area contributed by atoms with Crippen LogP contribution in [0.1, 0.15) is 23.1 Å². The minimum Gasteiger partial charge on any atom is -0.378 e. The second-order valence-corrected chi connectivity index (χ2v) is 11.4. The van der Waals surface area contributed by atoms with Crippen LogP contribution in [0.2, 0.25) is 0 Å². The Kier molecular flexibility index (Phi) is 8.98. The Morgan fingerprint density at radius 2 is 1.41 bits per heavy atom. The summed E-state index contributed by atoms with van der Waals surface area (Å²) >= 11 is 0. The average Bonchev–Trinajstić information content (AvgIpc) is 3.60. The minimum absolute atomic E-state index is 0.392. The zero-order valence-corrected chi connectivity index (χ0v) is 25.3. The molecule has 1 saturated heterocycles. The standard InChI is InChI=1S/C32H27F7N8O2/c33-22-4-8-25(26(34)15-22)30(49,18-47-19-42-43-44-47)31(35,36)28-10-3-21(16-41-28)20-1-5-23(6-2-20)45-11-13-46(14-12-45)24-7-9-27(40-17-24)29(48)32(37,38)39/h1-10,15-17,19,29,48-49H,11-14,18H2. The van der Waals surface area contributed by atoms with E-state index in [1.165, 1.54) is 24.5 Å². The van der Waals surface area contributed by atoms with Gasteiger partial charge < -0.3 is 20.0 Å². The Morgan fingerprint density at radius 1 is 0.755 bits per heavy atom. The molecule has 2 N–H and O–H groups in total. The molecule has 0 spiro atoms. The van der Waals surface area contributed by atoms with E-state index in [1.54, 1.807) is 12.1 Å². The first kappa shape index (κ1) is 33.7. The number of pyridine rings is 2. The van der Waals surface area contributed by atoms with Crippen molar-refractivity contribution in [3.05, 3.63) is 114 Å². The van der Waals surface area contributed by atoms with Crippen LogP contribution < -0.4 is 9.80 Å². The van der Waals surface area contributed by atoms with Crippen molar-refractivity contribution < 1.29 is 40.9 Å². The third-order valence-corrected chi connectivity index (χ3v) is 8.34. The third kappa shape index (κ3) is 6.76. The molecule has 4 heterocycles.